The number of rotatable bonds is 6. The van der Waals surface area contributed by atoms with Crippen LogP contribution in [-0.4, -0.2) is 20.7 Å². The Morgan fingerprint density at radius 1 is 0.971 bits per heavy atom. The molecule has 0 saturated heterocycles. The zero-order valence-corrected chi connectivity index (χ0v) is 19.4. The Labute approximate surface area is 202 Å². The number of pyridine rings is 1. The number of para-hydroxylation sites is 2. The lowest BCUT2D eigenvalue weighted by Crippen LogP contribution is -2.21. The van der Waals surface area contributed by atoms with Gasteiger partial charge in [0.05, 0.1) is 22.7 Å². The molecule has 5 rings (SSSR count). The topological polar surface area (TPSA) is 101 Å². The van der Waals surface area contributed by atoms with Crippen molar-refractivity contribution in [2.24, 2.45) is 0 Å². The van der Waals surface area contributed by atoms with E-state index in [0.717, 1.165) is 9.90 Å². The molecule has 0 saturated carbocycles. The number of carbonyl (C=O) groups excluding carboxylic acids is 1. The van der Waals surface area contributed by atoms with E-state index < -0.39 is 0 Å². The second-order valence-corrected chi connectivity index (χ2v) is 9.67. The van der Waals surface area contributed by atoms with Gasteiger partial charge in [-0.05, 0) is 42.0 Å². The minimum atomic E-state index is -0.251. The van der Waals surface area contributed by atoms with Gasteiger partial charge in [0.1, 0.15) is 6.54 Å². The number of hydrogen-bond donors (Lipinski definition) is 1. The highest BCUT2D eigenvalue weighted by Crippen LogP contribution is 2.28. The van der Waals surface area contributed by atoms with Crippen LogP contribution in [0.15, 0.2) is 81.9 Å². The molecule has 0 radical (unpaired) electrons. The Balaban J connectivity index is 1.32. The summed E-state index contributed by atoms with van der Waals surface area (Å²) in [5.74, 6) is 0.433. The number of nitrogens with zero attached hydrogens (tertiary/aromatic N) is 4. The third-order valence-electron chi connectivity index (χ3n) is 5.28. The van der Waals surface area contributed by atoms with E-state index in [0.29, 0.717) is 38.3 Å². The molecule has 0 aliphatic heterocycles. The van der Waals surface area contributed by atoms with Crippen LogP contribution in [-0.2, 0) is 17.1 Å². The quantitative estimate of drug-likeness (QED) is 0.211. The highest BCUT2D eigenvalue weighted by atomic mass is 32.2. The van der Waals surface area contributed by atoms with Gasteiger partial charge in [0.2, 0.25) is 11.0 Å². The Kier molecular flexibility index (Phi) is 6.08. The van der Waals surface area contributed by atoms with Crippen molar-refractivity contribution in [3.63, 3.8) is 0 Å². The van der Waals surface area contributed by atoms with Crippen LogP contribution in [0.3, 0.4) is 0 Å². The Morgan fingerprint density at radius 2 is 1.62 bits per heavy atom. The first-order chi connectivity index (χ1) is 16.6. The molecule has 9 heteroatoms. The summed E-state index contributed by atoms with van der Waals surface area (Å²) in [6.45, 7) is 0.0363. The average molecular weight is 484 g/mol. The van der Waals surface area contributed by atoms with Crippen LogP contribution >= 0.6 is 23.1 Å². The molecule has 0 bridgehead atoms. The molecule has 5 aromatic rings. The van der Waals surface area contributed by atoms with Crippen molar-refractivity contribution in [1.82, 2.24) is 14.8 Å². The molecule has 2 heterocycles. The molecule has 34 heavy (non-hydrogen) atoms. The van der Waals surface area contributed by atoms with Crippen molar-refractivity contribution in [2.45, 2.75) is 16.6 Å². The number of nitriles is 1. The minimum Gasteiger partial charge on any atom is -0.331 e. The van der Waals surface area contributed by atoms with E-state index in [4.69, 9.17) is 5.26 Å². The lowest BCUT2D eigenvalue weighted by atomic mass is 10.1. The molecule has 0 atom stereocenters. The van der Waals surface area contributed by atoms with E-state index in [1.807, 2.05) is 53.1 Å². The van der Waals surface area contributed by atoms with Crippen LogP contribution in [0.25, 0.3) is 21.8 Å². The van der Waals surface area contributed by atoms with Gasteiger partial charge in [0.15, 0.2) is 9.77 Å². The van der Waals surface area contributed by atoms with Gasteiger partial charge >= 0.3 is 0 Å². The zero-order valence-electron chi connectivity index (χ0n) is 17.8. The van der Waals surface area contributed by atoms with Gasteiger partial charge in [-0.1, -0.05) is 59.5 Å². The molecular formula is C25H17N5O2S2. The lowest BCUT2D eigenvalue weighted by molar-refractivity contribution is -0.116. The third-order valence-corrected chi connectivity index (χ3v) is 7.32. The molecule has 1 amide bonds. The summed E-state index contributed by atoms with van der Waals surface area (Å²) < 4.78 is 2.59. The van der Waals surface area contributed by atoms with Gasteiger partial charge in [0.25, 0.3) is 0 Å². The number of benzene rings is 3. The summed E-state index contributed by atoms with van der Waals surface area (Å²) >= 11 is 2.82. The predicted molar refractivity (Wildman–Crippen MR) is 135 cm³/mol. The standard InChI is InChI=1S/C25H17N5O2S2/c26-13-16-9-11-17(12-10-16)15-33-25-29-28-24(34-25)27-22(31)14-30-20-7-3-1-5-18(20)23(32)19-6-2-4-8-21(19)30/h1-12H,14-15H2,(H,27,28,31). The smallest absolute Gasteiger partial charge is 0.246 e. The first-order valence-electron chi connectivity index (χ1n) is 10.4. The molecule has 1 N–H and O–H groups in total. The van der Waals surface area contributed by atoms with E-state index in [1.165, 1.54) is 23.1 Å². The number of thioether (sulfide) groups is 1. The first kappa shape index (κ1) is 21.8. The Bertz CT molecular complexity index is 1560. The van der Waals surface area contributed by atoms with Crippen molar-refractivity contribution in [3.05, 3.63) is 94.1 Å². The highest BCUT2D eigenvalue weighted by molar-refractivity contribution is 8.00. The van der Waals surface area contributed by atoms with Crippen LogP contribution in [0.2, 0.25) is 0 Å². The van der Waals surface area contributed by atoms with Crippen LogP contribution in [0.1, 0.15) is 11.1 Å². The average Bonchev–Trinajstić information content (AvgIpc) is 3.32. The summed E-state index contributed by atoms with van der Waals surface area (Å²) in [6, 6.07) is 24.1. The molecule has 7 nitrogen and oxygen atoms in total. The molecule has 0 unspecified atom stereocenters. The highest BCUT2D eigenvalue weighted by Gasteiger charge is 2.14. The lowest BCUT2D eigenvalue weighted by Gasteiger charge is -2.14. The van der Waals surface area contributed by atoms with E-state index in [2.05, 4.69) is 21.6 Å². The van der Waals surface area contributed by atoms with Gasteiger partial charge in [0, 0.05) is 16.5 Å². The van der Waals surface area contributed by atoms with Crippen molar-refractivity contribution >= 4 is 55.9 Å². The van der Waals surface area contributed by atoms with E-state index in [9.17, 15) is 9.59 Å². The van der Waals surface area contributed by atoms with Crippen molar-refractivity contribution in [1.29, 1.82) is 5.26 Å². The predicted octanol–water partition coefficient (Wildman–Crippen LogP) is 4.81. The normalized spacial score (nSPS) is 10.9. The maximum Gasteiger partial charge on any atom is 0.246 e. The summed E-state index contributed by atoms with van der Waals surface area (Å²) in [6.07, 6.45) is 0. The number of amides is 1. The van der Waals surface area contributed by atoms with Crippen LogP contribution < -0.4 is 10.7 Å². The summed E-state index contributed by atoms with van der Waals surface area (Å²) in [4.78, 5) is 25.8. The second kappa shape index (κ2) is 9.47. The largest absolute Gasteiger partial charge is 0.331 e. The van der Waals surface area contributed by atoms with E-state index >= 15 is 0 Å². The SMILES string of the molecule is N#Cc1ccc(CSc2nnc(NC(=O)Cn3c4ccccc4c(=O)c4ccccc43)s2)cc1. The Morgan fingerprint density at radius 3 is 2.26 bits per heavy atom. The fourth-order valence-corrected chi connectivity index (χ4v) is 5.41. The molecule has 2 aromatic heterocycles. The van der Waals surface area contributed by atoms with Crippen LogP contribution in [0, 0.1) is 11.3 Å². The molecular weight excluding hydrogens is 466 g/mol. The number of nitrogens with one attached hydrogen (secondary N) is 1. The number of aromatic nitrogens is 3. The fourth-order valence-electron chi connectivity index (χ4n) is 3.69. The second-order valence-electron chi connectivity index (χ2n) is 7.47. The van der Waals surface area contributed by atoms with Crippen LogP contribution in [0.5, 0.6) is 0 Å². The van der Waals surface area contributed by atoms with Crippen molar-refractivity contribution in [2.75, 3.05) is 5.32 Å². The van der Waals surface area contributed by atoms with Crippen molar-refractivity contribution in [3.8, 4) is 6.07 Å². The van der Waals surface area contributed by atoms with Gasteiger partial charge in [-0.25, -0.2) is 0 Å². The minimum absolute atomic E-state index is 0.0363. The summed E-state index contributed by atoms with van der Waals surface area (Å²) in [5.41, 5.74) is 3.06. The molecule has 0 aliphatic carbocycles. The third kappa shape index (κ3) is 4.41. The van der Waals surface area contributed by atoms with E-state index in [1.54, 1.807) is 24.3 Å². The number of anilines is 1. The number of carbonyl (C=O) groups is 1. The maximum absolute atomic E-state index is 12.9. The molecule has 0 aliphatic rings. The Hall–Kier alpha value is -4.00. The molecule has 3 aromatic carbocycles. The monoisotopic (exact) mass is 483 g/mol. The summed E-state index contributed by atoms with van der Waals surface area (Å²) in [7, 11) is 0. The maximum atomic E-state index is 12.9. The zero-order chi connectivity index (χ0) is 23.5. The molecule has 0 spiro atoms. The number of hydrogen-bond acceptors (Lipinski definition) is 7. The van der Waals surface area contributed by atoms with Crippen LogP contribution in [0.4, 0.5) is 5.13 Å². The van der Waals surface area contributed by atoms with Crippen molar-refractivity contribution < 1.29 is 4.79 Å². The molecule has 0 fully saturated rings. The molecule has 166 valence electrons. The summed E-state index contributed by atoms with van der Waals surface area (Å²) in [5, 5.41) is 21.5. The van der Waals surface area contributed by atoms with Gasteiger partial charge in [-0.15, -0.1) is 10.2 Å². The van der Waals surface area contributed by atoms with Gasteiger partial charge in [-0.2, -0.15) is 5.26 Å². The van der Waals surface area contributed by atoms with E-state index in [-0.39, 0.29) is 17.9 Å². The number of fused-ring (bicyclic) bond motifs is 2. The fraction of sp³-hybridized carbons (Fsp3) is 0.0800. The van der Waals surface area contributed by atoms with Gasteiger partial charge in [-0.3, -0.25) is 14.9 Å². The van der Waals surface area contributed by atoms with Gasteiger partial charge < -0.3 is 4.57 Å². The first-order valence-corrected chi connectivity index (χ1v) is 12.2.